The Labute approximate surface area is 82.6 Å². The molecule has 2 amide bonds. The van der Waals surface area contributed by atoms with Gasteiger partial charge in [0.25, 0.3) is 5.91 Å². The molecule has 0 aromatic carbocycles. The number of likely N-dealkylation sites (N-methyl/N-ethyl adjacent to an activating group) is 1. The summed E-state index contributed by atoms with van der Waals surface area (Å²) in [7, 11) is 1.72. The summed E-state index contributed by atoms with van der Waals surface area (Å²) in [5.74, 6) is 0.00841. The SMILES string of the molecule is CC(=O)N1CCC2(C1)OCN(C)C2=O. The van der Waals surface area contributed by atoms with E-state index in [-0.39, 0.29) is 11.8 Å². The molecular weight excluding hydrogens is 184 g/mol. The van der Waals surface area contributed by atoms with Crippen LogP contribution in [0, 0.1) is 0 Å². The quantitative estimate of drug-likeness (QED) is 0.523. The number of ether oxygens (including phenoxy) is 1. The topological polar surface area (TPSA) is 49.9 Å². The van der Waals surface area contributed by atoms with E-state index in [0.717, 1.165) is 0 Å². The fourth-order valence-corrected chi connectivity index (χ4v) is 2.03. The van der Waals surface area contributed by atoms with E-state index in [0.29, 0.717) is 26.2 Å². The predicted molar refractivity (Wildman–Crippen MR) is 48.3 cm³/mol. The van der Waals surface area contributed by atoms with Gasteiger partial charge >= 0.3 is 0 Å². The summed E-state index contributed by atoms with van der Waals surface area (Å²) in [5, 5.41) is 0. The van der Waals surface area contributed by atoms with E-state index >= 15 is 0 Å². The summed E-state index contributed by atoms with van der Waals surface area (Å²) in [4.78, 5) is 26.1. The summed E-state index contributed by atoms with van der Waals surface area (Å²) >= 11 is 0. The number of hydrogen-bond donors (Lipinski definition) is 0. The normalized spacial score (nSPS) is 32.0. The van der Waals surface area contributed by atoms with Crippen LogP contribution in [-0.4, -0.2) is 54.1 Å². The molecule has 5 nitrogen and oxygen atoms in total. The highest BCUT2D eigenvalue weighted by Crippen LogP contribution is 2.31. The molecule has 78 valence electrons. The number of rotatable bonds is 0. The Balaban J connectivity index is 2.14. The summed E-state index contributed by atoms with van der Waals surface area (Å²) in [6.07, 6.45) is 0.621. The van der Waals surface area contributed by atoms with Crippen molar-refractivity contribution >= 4 is 11.8 Å². The van der Waals surface area contributed by atoms with Gasteiger partial charge < -0.3 is 14.5 Å². The van der Waals surface area contributed by atoms with Gasteiger partial charge in [0, 0.05) is 26.9 Å². The molecule has 2 aliphatic heterocycles. The second kappa shape index (κ2) is 2.95. The van der Waals surface area contributed by atoms with Crippen LogP contribution in [0.2, 0.25) is 0 Å². The summed E-state index contributed by atoms with van der Waals surface area (Å²) < 4.78 is 5.49. The number of amides is 2. The molecule has 0 saturated carbocycles. The Morgan fingerprint density at radius 2 is 2.29 bits per heavy atom. The van der Waals surface area contributed by atoms with E-state index in [4.69, 9.17) is 4.74 Å². The second-order valence-electron chi connectivity index (χ2n) is 3.96. The van der Waals surface area contributed by atoms with Gasteiger partial charge in [0.2, 0.25) is 5.91 Å². The van der Waals surface area contributed by atoms with Crippen molar-refractivity contribution < 1.29 is 14.3 Å². The van der Waals surface area contributed by atoms with Crippen molar-refractivity contribution in [3.63, 3.8) is 0 Å². The Bertz CT molecular complexity index is 292. The minimum atomic E-state index is -0.736. The largest absolute Gasteiger partial charge is 0.343 e. The number of carbonyl (C=O) groups is 2. The van der Waals surface area contributed by atoms with Crippen molar-refractivity contribution in [1.82, 2.24) is 9.80 Å². The highest BCUT2D eigenvalue weighted by molar-refractivity contribution is 5.88. The molecule has 14 heavy (non-hydrogen) atoms. The van der Waals surface area contributed by atoms with Crippen LogP contribution in [-0.2, 0) is 14.3 Å². The Kier molecular flexibility index (Phi) is 1.99. The maximum absolute atomic E-state index is 11.8. The second-order valence-corrected chi connectivity index (χ2v) is 3.96. The van der Waals surface area contributed by atoms with Crippen LogP contribution in [0.1, 0.15) is 13.3 Å². The van der Waals surface area contributed by atoms with Gasteiger partial charge in [0.1, 0.15) is 6.73 Å². The van der Waals surface area contributed by atoms with Crippen LogP contribution in [0.5, 0.6) is 0 Å². The van der Waals surface area contributed by atoms with Crippen LogP contribution in [0.15, 0.2) is 0 Å². The van der Waals surface area contributed by atoms with Crippen molar-refractivity contribution in [2.75, 3.05) is 26.9 Å². The van der Waals surface area contributed by atoms with E-state index in [1.165, 1.54) is 6.92 Å². The number of hydrogen-bond acceptors (Lipinski definition) is 3. The molecule has 2 heterocycles. The maximum atomic E-state index is 11.8. The van der Waals surface area contributed by atoms with Gasteiger partial charge in [-0.25, -0.2) is 0 Å². The molecule has 1 spiro atoms. The molecule has 0 radical (unpaired) electrons. The van der Waals surface area contributed by atoms with E-state index in [2.05, 4.69) is 0 Å². The van der Waals surface area contributed by atoms with Crippen molar-refractivity contribution in [1.29, 1.82) is 0 Å². The number of carbonyl (C=O) groups excluding carboxylic acids is 2. The molecular formula is C9H14N2O3. The molecule has 0 N–H and O–H groups in total. The zero-order valence-corrected chi connectivity index (χ0v) is 8.45. The molecule has 5 heteroatoms. The van der Waals surface area contributed by atoms with E-state index in [1.807, 2.05) is 0 Å². The Hall–Kier alpha value is -1.10. The lowest BCUT2D eigenvalue weighted by molar-refractivity contribution is -0.136. The molecule has 1 unspecified atom stereocenters. The molecule has 0 aliphatic carbocycles. The zero-order valence-electron chi connectivity index (χ0n) is 8.45. The molecule has 2 aliphatic rings. The van der Waals surface area contributed by atoms with E-state index < -0.39 is 5.60 Å². The lowest BCUT2D eigenvalue weighted by Crippen LogP contribution is -2.43. The fraction of sp³-hybridized carbons (Fsp3) is 0.778. The smallest absolute Gasteiger partial charge is 0.258 e. The minimum absolute atomic E-state index is 0.00116. The Morgan fingerprint density at radius 1 is 1.57 bits per heavy atom. The van der Waals surface area contributed by atoms with Gasteiger partial charge in [0.05, 0.1) is 6.54 Å². The van der Waals surface area contributed by atoms with Gasteiger partial charge in [-0.2, -0.15) is 0 Å². The average Bonchev–Trinajstić information content (AvgIpc) is 2.68. The van der Waals surface area contributed by atoms with Crippen LogP contribution in [0.4, 0.5) is 0 Å². The maximum Gasteiger partial charge on any atom is 0.258 e. The molecule has 2 fully saturated rings. The fourth-order valence-electron chi connectivity index (χ4n) is 2.03. The van der Waals surface area contributed by atoms with Crippen molar-refractivity contribution in [3.05, 3.63) is 0 Å². The van der Waals surface area contributed by atoms with Crippen molar-refractivity contribution in [3.8, 4) is 0 Å². The average molecular weight is 198 g/mol. The van der Waals surface area contributed by atoms with Gasteiger partial charge in [-0.05, 0) is 0 Å². The predicted octanol–water partition coefficient (Wildman–Crippen LogP) is -0.577. The highest BCUT2D eigenvalue weighted by Gasteiger charge is 2.51. The van der Waals surface area contributed by atoms with Crippen LogP contribution >= 0.6 is 0 Å². The minimum Gasteiger partial charge on any atom is -0.343 e. The standard InChI is InChI=1S/C9H14N2O3/c1-7(12)11-4-3-9(5-11)8(13)10(2)6-14-9/h3-6H2,1-2H3. The molecule has 2 saturated heterocycles. The first-order chi connectivity index (χ1) is 6.55. The number of likely N-dealkylation sites (tertiary alicyclic amines) is 1. The number of nitrogens with zero attached hydrogens (tertiary/aromatic N) is 2. The molecule has 2 rings (SSSR count). The summed E-state index contributed by atoms with van der Waals surface area (Å²) in [6.45, 7) is 2.88. The molecule has 0 aromatic heterocycles. The summed E-state index contributed by atoms with van der Waals surface area (Å²) in [6, 6.07) is 0. The van der Waals surface area contributed by atoms with E-state index in [9.17, 15) is 9.59 Å². The first-order valence-corrected chi connectivity index (χ1v) is 4.70. The van der Waals surface area contributed by atoms with Crippen molar-refractivity contribution in [2.45, 2.75) is 18.9 Å². The van der Waals surface area contributed by atoms with Crippen LogP contribution in [0.3, 0.4) is 0 Å². The van der Waals surface area contributed by atoms with Gasteiger partial charge in [0.15, 0.2) is 5.60 Å². The molecule has 1 atom stereocenters. The first-order valence-electron chi connectivity index (χ1n) is 4.70. The van der Waals surface area contributed by atoms with Crippen molar-refractivity contribution in [2.24, 2.45) is 0 Å². The first kappa shape index (κ1) is 9.45. The van der Waals surface area contributed by atoms with Crippen LogP contribution in [0.25, 0.3) is 0 Å². The third kappa shape index (κ3) is 1.19. The molecule has 0 bridgehead atoms. The third-order valence-electron chi connectivity index (χ3n) is 2.95. The van der Waals surface area contributed by atoms with Gasteiger partial charge in [-0.1, -0.05) is 0 Å². The van der Waals surface area contributed by atoms with Gasteiger partial charge in [-0.3, -0.25) is 9.59 Å². The molecule has 0 aromatic rings. The van der Waals surface area contributed by atoms with E-state index in [1.54, 1.807) is 16.8 Å². The zero-order chi connectivity index (χ0) is 10.3. The van der Waals surface area contributed by atoms with Crippen LogP contribution < -0.4 is 0 Å². The Morgan fingerprint density at radius 3 is 2.71 bits per heavy atom. The monoisotopic (exact) mass is 198 g/mol. The highest BCUT2D eigenvalue weighted by atomic mass is 16.5. The lowest BCUT2D eigenvalue weighted by atomic mass is 10.0. The third-order valence-corrected chi connectivity index (χ3v) is 2.95. The van der Waals surface area contributed by atoms with Gasteiger partial charge in [-0.15, -0.1) is 0 Å². The summed E-state index contributed by atoms with van der Waals surface area (Å²) in [5.41, 5.74) is -0.736. The lowest BCUT2D eigenvalue weighted by Gasteiger charge is -2.20.